The van der Waals surface area contributed by atoms with Gasteiger partial charge >= 0.3 is 18.0 Å². The molecule has 0 fully saturated rings. The molecule has 0 aliphatic rings. The van der Waals surface area contributed by atoms with Gasteiger partial charge in [0.25, 0.3) is 0 Å². The number of carbonyl (C=O) groups is 3. The maximum atomic E-state index is 11.9. The summed E-state index contributed by atoms with van der Waals surface area (Å²) in [6.07, 6.45) is -0.633. The normalized spacial score (nSPS) is 10.9. The number of benzene rings is 1. The first kappa shape index (κ1) is 20.4. The molecule has 0 saturated carbocycles. The molecule has 8 nitrogen and oxygen atoms in total. The van der Waals surface area contributed by atoms with E-state index in [1.54, 1.807) is 39.0 Å². The largest absolute Gasteiger partial charge is 0.480 e. The van der Waals surface area contributed by atoms with E-state index in [-0.39, 0.29) is 13.0 Å². The van der Waals surface area contributed by atoms with Gasteiger partial charge in [0.15, 0.2) is 0 Å². The number of aliphatic carboxylic acids is 1. The first-order valence-electron chi connectivity index (χ1n) is 7.58. The van der Waals surface area contributed by atoms with Crippen LogP contribution in [0.5, 0.6) is 0 Å². The fourth-order valence-corrected chi connectivity index (χ4v) is 1.94. The average Bonchev–Trinajstić information content (AvgIpc) is 2.44. The van der Waals surface area contributed by atoms with Crippen molar-refractivity contribution in [3.05, 3.63) is 29.3 Å². The van der Waals surface area contributed by atoms with Gasteiger partial charge in [0, 0.05) is 5.69 Å². The van der Waals surface area contributed by atoms with Crippen molar-refractivity contribution < 1.29 is 33.7 Å². The van der Waals surface area contributed by atoms with E-state index in [4.69, 9.17) is 14.6 Å². The molecule has 2 N–H and O–H groups in total. The molecule has 0 atom stereocenters. The van der Waals surface area contributed by atoms with Crippen LogP contribution in [0, 0.1) is 0 Å². The molecule has 0 spiro atoms. The number of hydrogen-bond acceptors (Lipinski definition) is 6. The number of nitrogens with one attached hydrogen (secondary N) is 1. The second-order valence-electron chi connectivity index (χ2n) is 6.30. The third-order valence-corrected chi connectivity index (χ3v) is 2.77. The molecule has 138 valence electrons. The van der Waals surface area contributed by atoms with Crippen LogP contribution in [0.1, 0.15) is 31.9 Å². The van der Waals surface area contributed by atoms with Gasteiger partial charge in [0.05, 0.1) is 20.1 Å². The lowest BCUT2D eigenvalue weighted by Crippen LogP contribution is -2.27. The molecule has 1 amide bonds. The lowest BCUT2D eigenvalue weighted by atomic mass is 10.1. The van der Waals surface area contributed by atoms with Crippen LogP contribution in [0.25, 0.3) is 0 Å². The Balaban J connectivity index is 2.92. The van der Waals surface area contributed by atoms with E-state index in [0.29, 0.717) is 16.8 Å². The Morgan fingerprint density at radius 2 is 1.76 bits per heavy atom. The smallest absolute Gasteiger partial charge is 0.412 e. The minimum Gasteiger partial charge on any atom is -0.480 e. The predicted octanol–water partition coefficient (Wildman–Crippen LogP) is 2.35. The van der Waals surface area contributed by atoms with E-state index < -0.39 is 30.2 Å². The molecule has 25 heavy (non-hydrogen) atoms. The predicted molar refractivity (Wildman–Crippen MR) is 89.3 cm³/mol. The van der Waals surface area contributed by atoms with Crippen LogP contribution in [-0.4, -0.2) is 42.5 Å². The Hall–Kier alpha value is -2.61. The summed E-state index contributed by atoms with van der Waals surface area (Å²) in [5.41, 5.74) is 0.953. The molecule has 0 aliphatic carbocycles. The van der Waals surface area contributed by atoms with E-state index >= 15 is 0 Å². The zero-order chi connectivity index (χ0) is 19.0. The molecule has 1 rings (SSSR count). The van der Waals surface area contributed by atoms with E-state index in [1.807, 2.05) is 0 Å². The highest BCUT2D eigenvalue weighted by Crippen LogP contribution is 2.18. The van der Waals surface area contributed by atoms with Crippen LogP contribution in [-0.2, 0) is 36.8 Å². The topological polar surface area (TPSA) is 111 Å². The number of ether oxygens (including phenoxy) is 3. The van der Waals surface area contributed by atoms with Crippen LogP contribution < -0.4 is 5.32 Å². The fourth-order valence-electron chi connectivity index (χ4n) is 1.94. The molecule has 1 aromatic carbocycles. The van der Waals surface area contributed by atoms with Crippen molar-refractivity contribution in [2.45, 2.75) is 39.4 Å². The second-order valence-corrected chi connectivity index (χ2v) is 6.30. The van der Waals surface area contributed by atoms with Crippen molar-refractivity contribution >= 4 is 23.7 Å². The zero-order valence-corrected chi connectivity index (χ0v) is 14.8. The van der Waals surface area contributed by atoms with Crippen molar-refractivity contribution in [3.63, 3.8) is 0 Å². The number of rotatable bonds is 7. The molecular formula is C17H23NO7. The Kier molecular flexibility index (Phi) is 7.38. The van der Waals surface area contributed by atoms with Crippen molar-refractivity contribution in [3.8, 4) is 0 Å². The highest BCUT2D eigenvalue weighted by atomic mass is 16.6. The van der Waals surface area contributed by atoms with Gasteiger partial charge in [-0.3, -0.25) is 10.1 Å². The molecule has 0 radical (unpaired) electrons. The molecule has 0 bridgehead atoms. The summed E-state index contributed by atoms with van der Waals surface area (Å²) >= 11 is 0. The van der Waals surface area contributed by atoms with Crippen LogP contribution in [0.15, 0.2) is 18.2 Å². The van der Waals surface area contributed by atoms with Crippen molar-refractivity contribution in [1.82, 2.24) is 0 Å². The molecule has 0 aliphatic heterocycles. The average molecular weight is 353 g/mol. The summed E-state index contributed by atoms with van der Waals surface area (Å²) in [4.78, 5) is 33.9. The lowest BCUT2D eigenvalue weighted by molar-refractivity contribution is -0.142. The van der Waals surface area contributed by atoms with Crippen LogP contribution in [0.3, 0.4) is 0 Å². The number of carboxylic acid groups (broad SMARTS) is 1. The van der Waals surface area contributed by atoms with E-state index in [1.165, 1.54) is 7.11 Å². The quantitative estimate of drug-likeness (QED) is 0.724. The standard InChI is InChI=1S/C17H23NO7/c1-17(2,3)25-16(22)18-13-6-11(8-15(21)23-4)5-12(7-13)9-24-10-14(19)20/h5-7H,8-10H2,1-4H3,(H,18,22)(H,19,20). The molecule has 1 aromatic rings. The molecular weight excluding hydrogens is 330 g/mol. The molecule has 0 unspecified atom stereocenters. The lowest BCUT2D eigenvalue weighted by Gasteiger charge is -2.20. The summed E-state index contributed by atoms with van der Waals surface area (Å²) in [5, 5.41) is 11.2. The highest BCUT2D eigenvalue weighted by molar-refractivity contribution is 5.85. The van der Waals surface area contributed by atoms with Gasteiger partial charge in [0.1, 0.15) is 12.2 Å². The number of carbonyl (C=O) groups excluding carboxylic acids is 2. The summed E-state index contributed by atoms with van der Waals surface area (Å²) in [7, 11) is 1.28. The summed E-state index contributed by atoms with van der Waals surface area (Å²) in [6.45, 7) is 4.79. The molecule has 0 heterocycles. The van der Waals surface area contributed by atoms with Gasteiger partial charge in [-0.2, -0.15) is 0 Å². The second kappa shape index (κ2) is 9.03. The zero-order valence-electron chi connectivity index (χ0n) is 14.8. The third-order valence-electron chi connectivity index (χ3n) is 2.77. The third kappa shape index (κ3) is 8.71. The molecule has 0 saturated heterocycles. The van der Waals surface area contributed by atoms with Gasteiger partial charge in [-0.1, -0.05) is 6.07 Å². The van der Waals surface area contributed by atoms with Crippen molar-refractivity contribution in [2.24, 2.45) is 0 Å². The summed E-state index contributed by atoms with van der Waals surface area (Å²) in [5.74, 6) is -1.52. The van der Waals surface area contributed by atoms with Gasteiger partial charge in [-0.25, -0.2) is 9.59 Å². The Bertz CT molecular complexity index is 634. The number of amides is 1. The Labute approximate surface area is 146 Å². The minimum absolute atomic E-state index is 0.00622. The summed E-state index contributed by atoms with van der Waals surface area (Å²) < 4.78 is 14.9. The van der Waals surface area contributed by atoms with Crippen LogP contribution in [0.2, 0.25) is 0 Å². The Morgan fingerprint density at radius 3 is 2.32 bits per heavy atom. The van der Waals surface area contributed by atoms with Crippen molar-refractivity contribution in [1.29, 1.82) is 0 Å². The van der Waals surface area contributed by atoms with E-state index in [2.05, 4.69) is 10.1 Å². The first-order valence-corrected chi connectivity index (χ1v) is 7.58. The van der Waals surface area contributed by atoms with Gasteiger partial charge in [-0.05, 0) is 44.0 Å². The van der Waals surface area contributed by atoms with Crippen LogP contribution in [0.4, 0.5) is 10.5 Å². The van der Waals surface area contributed by atoms with E-state index in [9.17, 15) is 14.4 Å². The number of anilines is 1. The maximum absolute atomic E-state index is 11.9. The minimum atomic E-state index is -1.09. The number of carboxylic acids is 1. The SMILES string of the molecule is COC(=O)Cc1cc(COCC(=O)O)cc(NC(=O)OC(C)(C)C)c1. The van der Waals surface area contributed by atoms with Gasteiger partial charge < -0.3 is 19.3 Å². The van der Waals surface area contributed by atoms with Gasteiger partial charge in [0.2, 0.25) is 0 Å². The highest BCUT2D eigenvalue weighted by Gasteiger charge is 2.17. The number of esters is 1. The monoisotopic (exact) mass is 353 g/mol. The Morgan fingerprint density at radius 1 is 1.12 bits per heavy atom. The van der Waals surface area contributed by atoms with Gasteiger partial charge in [-0.15, -0.1) is 0 Å². The van der Waals surface area contributed by atoms with E-state index in [0.717, 1.165) is 0 Å². The van der Waals surface area contributed by atoms with Crippen molar-refractivity contribution in [2.75, 3.05) is 19.0 Å². The molecule has 8 heteroatoms. The molecule has 0 aromatic heterocycles. The first-order chi connectivity index (χ1) is 11.6. The number of methoxy groups -OCH3 is 1. The maximum Gasteiger partial charge on any atom is 0.412 e. The van der Waals surface area contributed by atoms with Crippen LogP contribution >= 0.6 is 0 Å². The summed E-state index contributed by atoms with van der Waals surface area (Å²) in [6, 6.07) is 4.91. The fraction of sp³-hybridized carbons (Fsp3) is 0.471. The number of hydrogen-bond donors (Lipinski definition) is 2.